The number of esters is 4. The number of aliphatic hydroxyl groups is 1. The molecular formula is C86H168O17P2. The van der Waals surface area contributed by atoms with Crippen molar-refractivity contribution in [1.29, 1.82) is 0 Å². The molecule has 19 heteroatoms. The number of carbonyl (C=O) groups is 4. The van der Waals surface area contributed by atoms with Gasteiger partial charge in [-0.3, -0.25) is 37.3 Å². The molecule has 0 rings (SSSR count). The smallest absolute Gasteiger partial charge is 0.462 e. The predicted octanol–water partition coefficient (Wildman–Crippen LogP) is 25.9. The Kier molecular flexibility index (Phi) is 73.4. The summed E-state index contributed by atoms with van der Waals surface area (Å²) in [5, 5.41) is 10.7. The van der Waals surface area contributed by atoms with Crippen LogP contribution in [-0.2, 0) is 65.4 Å². The molecule has 4 unspecified atom stereocenters. The van der Waals surface area contributed by atoms with E-state index in [0.29, 0.717) is 31.6 Å². The van der Waals surface area contributed by atoms with Crippen molar-refractivity contribution in [1.82, 2.24) is 0 Å². The standard InChI is InChI=1S/C86H168O17P2/c1-9-79(8)65-57-49-41-33-27-21-17-12-10-11-13-19-23-29-35-43-52-60-68-85(90)103-82(73-97-84(89)67-59-51-45-37-40-48-56-64-78(6)7)75-101-105(94,95)99-71-80(87)70-98-104(92,93)100-74-81(102-86(91)69-61-53-44-36-30-24-26-32-39-47-55-63-77(4)5)72-96-83(88)66-58-50-42-34-28-22-18-15-14-16-20-25-31-38-46-54-62-76(2)3/h76-82,87H,9-75H2,1-8H3,(H,92,93)(H,94,95)/t79?,80?,81-,82-/m1/s1. The third-order valence-electron chi connectivity index (χ3n) is 20.4. The van der Waals surface area contributed by atoms with Crippen molar-refractivity contribution in [3.63, 3.8) is 0 Å². The molecule has 0 aliphatic rings. The summed E-state index contributed by atoms with van der Waals surface area (Å²) >= 11 is 0. The summed E-state index contributed by atoms with van der Waals surface area (Å²) in [6.45, 7) is 14.3. The lowest BCUT2D eigenvalue weighted by molar-refractivity contribution is -0.161. The molecule has 0 aromatic rings. The summed E-state index contributed by atoms with van der Waals surface area (Å²) in [5.74, 6) is 1.04. The third kappa shape index (κ3) is 78.5. The van der Waals surface area contributed by atoms with Gasteiger partial charge in [-0.1, -0.05) is 396 Å². The predicted molar refractivity (Wildman–Crippen MR) is 432 cm³/mol. The number of hydrogen-bond donors (Lipinski definition) is 3. The number of phosphoric acid groups is 2. The van der Waals surface area contributed by atoms with Crippen molar-refractivity contribution < 1.29 is 80.2 Å². The molecule has 17 nitrogen and oxygen atoms in total. The van der Waals surface area contributed by atoms with Crippen LogP contribution in [0, 0.1) is 23.7 Å². The van der Waals surface area contributed by atoms with Crippen LogP contribution in [0.1, 0.15) is 447 Å². The van der Waals surface area contributed by atoms with Crippen LogP contribution in [0.3, 0.4) is 0 Å². The molecular weight excluding hydrogens is 1370 g/mol. The lowest BCUT2D eigenvalue weighted by Gasteiger charge is -2.21. The maximum atomic E-state index is 13.1. The third-order valence-corrected chi connectivity index (χ3v) is 22.3. The van der Waals surface area contributed by atoms with Gasteiger partial charge in [0, 0.05) is 25.7 Å². The highest BCUT2D eigenvalue weighted by molar-refractivity contribution is 7.47. The van der Waals surface area contributed by atoms with Crippen LogP contribution in [-0.4, -0.2) is 96.7 Å². The van der Waals surface area contributed by atoms with E-state index in [1.165, 1.54) is 244 Å². The number of aliphatic hydroxyl groups excluding tert-OH is 1. The van der Waals surface area contributed by atoms with Crippen LogP contribution in [0.4, 0.5) is 0 Å². The quantitative estimate of drug-likeness (QED) is 0.0222. The van der Waals surface area contributed by atoms with Gasteiger partial charge in [-0.2, -0.15) is 0 Å². The molecule has 0 saturated heterocycles. The number of phosphoric ester groups is 2. The van der Waals surface area contributed by atoms with Gasteiger partial charge in [0.1, 0.15) is 19.3 Å². The first-order chi connectivity index (χ1) is 50.6. The molecule has 0 heterocycles. The van der Waals surface area contributed by atoms with E-state index in [-0.39, 0.29) is 25.7 Å². The molecule has 3 N–H and O–H groups in total. The molecule has 105 heavy (non-hydrogen) atoms. The number of unbranched alkanes of at least 4 members (excludes halogenated alkanes) is 48. The van der Waals surface area contributed by atoms with E-state index in [2.05, 4.69) is 55.4 Å². The molecule has 0 aliphatic heterocycles. The first-order valence-corrected chi connectivity index (χ1v) is 47.2. The number of ether oxygens (including phenoxy) is 4. The SMILES string of the molecule is CCC(C)CCCCCCCCCCCCCCCCCCCCC(=O)O[C@H](COC(=O)CCCCCCCCCC(C)C)COP(=O)(O)OCC(O)COP(=O)(O)OC[C@@H](COC(=O)CCCCCCCCCCCCCCCCCCC(C)C)OC(=O)CCCCCCCCCCCCCC(C)C. The van der Waals surface area contributed by atoms with Gasteiger partial charge >= 0.3 is 39.5 Å². The van der Waals surface area contributed by atoms with Gasteiger partial charge in [0.15, 0.2) is 12.2 Å². The second-order valence-corrected chi connectivity index (χ2v) is 35.5. The molecule has 0 fully saturated rings. The van der Waals surface area contributed by atoms with Crippen molar-refractivity contribution >= 4 is 39.5 Å². The average molecular weight is 1540 g/mol. The Hall–Kier alpha value is -1.94. The van der Waals surface area contributed by atoms with Gasteiger partial charge in [0.05, 0.1) is 26.4 Å². The van der Waals surface area contributed by atoms with E-state index < -0.39 is 97.5 Å². The van der Waals surface area contributed by atoms with E-state index in [4.69, 9.17) is 37.0 Å². The minimum Gasteiger partial charge on any atom is -0.462 e. The molecule has 0 aliphatic carbocycles. The van der Waals surface area contributed by atoms with Crippen molar-refractivity contribution in [2.45, 2.75) is 465 Å². The van der Waals surface area contributed by atoms with Crippen molar-refractivity contribution in [2.75, 3.05) is 39.6 Å². The summed E-state index contributed by atoms with van der Waals surface area (Å²) in [7, 11) is -9.93. The molecule has 0 radical (unpaired) electrons. The minimum atomic E-state index is -4.96. The van der Waals surface area contributed by atoms with E-state index in [1.807, 2.05) is 0 Å². The zero-order chi connectivity index (χ0) is 77.4. The number of hydrogen-bond acceptors (Lipinski definition) is 15. The molecule has 0 spiro atoms. The Bertz CT molecular complexity index is 2040. The van der Waals surface area contributed by atoms with Crippen molar-refractivity contribution in [3.8, 4) is 0 Å². The number of carbonyl (C=O) groups excluding carboxylic acids is 4. The Morgan fingerprint density at radius 1 is 0.267 bits per heavy atom. The van der Waals surface area contributed by atoms with E-state index >= 15 is 0 Å². The summed E-state index contributed by atoms with van der Waals surface area (Å²) in [6, 6.07) is 0. The van der Waals surface area contributed by atoms with Crippen LogP contribution >= 0.6 is 15.6 Å². The van der Waals surface area contributed by atoms with Gasteiger partial charge in [-0.05, 0) is 49.4 Å². The van der Waals surface area contributed by atoms with Gasteiger partial charge < -0.3 is 33.8 Å². The summed E-state index contributed by atoms with van der Waals surface area (Å²) in [4.78, 5) is 73.2. The lowest BCUT2D eigenvalue weighted by atomic mass is 9.99. The topological polar surface area (TPSA) is 237 Å². The summed E-state index contributed by atoms with van der Waals surface area (Å²) in [5.41, 5.74) is 0. The first-order valence-electron chi connectivity index (χ1n) is 44.2. The Balaban J connectivity index is 5.18. The van der Waals surface area contributed by atoms with Crippen LogP contribution in [0.15, 0.2) is 0 Å². The molecule has 0 amide bonds. The molecule has 624 valence electrons. The van der Waals surface area contributed by atoms with E-state index in [9.17, 15) is 43.2 Å². The largest absolute Gasteiger partial charge is 0.472 e. The van der Waals surface area contributed by atoms with Gasteiger partial charge in [-0.25, -0.2) is 9.13 Å². The van der Waals surface area contributed by atoms with E-state index in [1.54, 1.807) is 0 Å². The van der Waals surface area contributed by atoms with Gasteiger partial charge in [0.2, 0.25) is 0 Å². The van der Waals surface area contributed by atoms with E-state index in [0.717, 1.165) is 114 Å². The molecule has 0 saturated carbocycles. The Labute approximate surface area is 645 Å². The second kappa shape index (κ2) is 74.8. The highest BCUT2D eigenvalue weighted by Crippen LogP contribution is 2.45. The Morgan fingerprint density at radius 3 is 0.676 bits per heavy atom. The highest BCUT2D eigenvalue weighted by atomic mass is 31.2. The molecule has 0 aromatic carbocycles. The zero-order valence-electron chi connectivity index (χ0n) is 69.4. The normalized spacial score (nSPS) is 14.2. The van der Waals surface area contributed by atoms with Crippen LogP contribution < -0.4 is 0 Å². The summed E-state index contributed by atoms with van der Waals surface area (Å²) < 4.78 is 68.9. The van der Waals surface area contributed by atoms with Gasteiger partial charge in [0.25, 0.3) is 0 Å². The molecule has 0 bridgehead atoms. The minimum absolute atomic E-state index is 0.107. The van der Waals surface area contributed by atoms with Crippen LogP contribution in [0.5, 0.6) is 0 Å². The lowest BCUT2D eigenvalue weighted by Crippen LogP contribution is -2.30. The highest BCUT2D eigenvalue weighted by Gasteiger charge is 2.31. The number of rotatable bonds is 83. The van der Waals surface area contributed by atoms with Crippen molar-refractivity contribution in [2.24, 2.45) is 23.7 Å². The summed E-state index contributed by atoms with van der Waals surface area (Å²) in [6.07, 6.45) is 64.0. The molecule has 0 aromatic heterocycles. The fourth-order valence-electron chi connectivity index (χ4n) is 13.3. The first kappa shape index (κ1) is 103. The average Bonchev–Trinajstić information content (AvgIpc) is 0.927. The Morgan fingerprint density at radius 2 is 0.457 bits per heavy atom. The second-order valence-electron chi connectivity index (χ2n) is 32.6. The van der Waals surface area contributed by atoms with Gasteiger partial charge in [-0.15, -0.1) is 0 Å². The maximum absolute atomic E-state index is 13.1. The zero-order valence-corrected chi connectivity index (χ0v) is 71.2. The van der Waals surface area contributed by atoms with Crippen LogP contribution in [0.2, 0.25) is 0 Å². The fourth-order valence-corrected chi connectivity index (χ4v) is 14.9. The maximum Gasteiger partial charge on any atom is 0.472 e. The van der Waals surface area contributed by atoms with Crippen molar-refractivity contribution in [3.05, 3.63) is 0 Å². The fraction of sp³-hybridized carbons (Fsp3) is 0.953. The monoisotopic (exact) mass is 1540 g/mol. The molecule has 6 atom stereocenters. The van der Waals surface area contributed by atoms with Crippen LogP contribution in [0.25, 0.3) is 0 Å².